The quantitative estimate of drug-likeness (QED) is 0.583. The van der Waals surface area contributed by atoms with Gasteiger partial charge in [0.05, 0.1) is 7.11 Å². The fourth-order valence-electron chi connectivity index (χ4n) is 0.832. The zero-order valence-electron chi connectivity index (χ0n) is 6.05. The molecule has 10 heavy (non-hydrogen) atoms. The van der Waals surface area contributed by atoms with Crippen LogP contribution in [-0.4, -0.2) is 7.11 Å². The maximum atomic E-state index is 10.8. The van der Waals surface area contributed by atoms with Crippen LogP contribution in [0.1, 0.15) is 5.56 Å². The number of benzene rings is 1. The molecule has 0 bridgehead atoms. The van der Waals surface area contributed by atoms with Crippen molar-refractivity contribution >= 4 is 0 Å². The standard InChI is InChI=1S/C8H9O2/c1-6-3-7(9)5-8(4-6)10-2/h3-5H,1-2H3. The van der Waals surface area contributed by atoms with Gasteiger partial charge >= 0.3 is 0 Å². The van der Waals surface area contributed by atoms with Gasteiger partial charge in [-0.25, -0.2) is 0 Å². The second-order valence-corrected chi connectivity index (χ2v) is 2.19. The van der Waals surface area contributed by atoms with Crippen LogP contribution in [0.15, 0.2) is 18.2 Å². The van der Waals surface area contributed by atoms with Gasteiger partial charge in [0.25, 0.3) is 0 Å². The van der Waals surface area contributed by atoms with E-state index >= 15 is 0 Å². The van der Waals surface area contributed by atoms with Crippen molar-refractivity contribution in [3.05, 3.63) is 23.8 Å². The van der Waals surface area contributed by atoms with Gasteiger partial charge in [-0.3, -0.25) is 5.11 Å². The summed E-state index contributed by atoms with van der Waals surface area (Å²) in [6, 6.07) is 4.86. The number of rotatable bonds is 1. The van der Waals surface area contributed by atoms with E-state index in [4.69, 9.17) is 4.74 Å². The van der Waals surface area contributed by atoms with Crippen molar-refractivity contribution in [2.24, 2.45) is 0 Å². The molecule has 0 atom stereocenters. The minimum Gasteiger partial charge on any atom is -0.497 e. The van der Waals surface area contributed by atoms with Gasteiger partial charge in [0, 0.05) is 6.07 Å². The Morgan fingerprint density at radius 1 is 1.30 bits per heavy atom. The van der Waals surface area contributed by atoms with Crippen LogP contribution in [0.25, 0.3) is 0 Å². The number of hydrogen-bond acceptors (Lipinski definition) is 1. The van der Waals surface area contributed by atoms with E-state index in [1.54, 1.807) is 13.2 Å². The van der Waals surface area contributed by atoms with Gasteiger partial charge in [0.1, 0.15) is 5.75 Å². The van der Waals surface area contributed by atoms with Gasteiger partial charge in [-0.15, -0.1) is 0 Å². The van der Waals surface area contributed by atoms with Crippen LogP contribution in [0.2, 0.25) is 0 Å². The third-order valence-electron chi connectivity index (χ3n) is 1.26. The summed E-state index contributed by atoms with van der Waals surface area (Å²) in [5.74, 6) is 0.627. The summed E-state index contributed by atoms with van der Waals surface area (Å²) >= 11 is 0. The Morgan fingerprint density at radius 2 is 2.00 bits per heavy atom. The lowest BCUT2D eigenvalue weighted by atomic mass is 10.2. The van der Waals surface area contributed by atoms with Crippen LogP contribution in [-0.2, 0) is 5.11 Å². The molecule has 0 saturated carbocycles. The van der Waals surface area contributed by atoms with Crippen molar-refractivity contribution in [3.8, 4) is 11.5 Å². The summed E-state index contributed by atoms with van der Waals surface area (Å²) in [5, 5.41) is 10.8. The molecule has 0 unspecified atom stereocenters. The molecule has 0 amide bonds. The first kappa shape index (κ1) is 6.93. The van der Waals surface area contributed by atoms with Crippen LogP contribution in [0.5, 0.6) is 11.5 Å². The van der Waals surface area contributed by atoms with E-state index < -0.39 is 0 Å². The van der Waals surface area contributed by atoms with Crippen molar-refractivity contribution in [3.63, 3.8) is 0 Å². The van der Waals surface area contributed by atoms with Crippen molar-refractivity contribution in [2.75, 3.05) is 7.11 Å². The number of hydrogen-bond donors (Lipinski definition) is 0. The van der Waals surface area contributed by atoms with Gasteiger partial charge in [-0.2, -0.15) is 0 Å². The summed E-state index contributed by atoms with van der Waals surface area (Å²) in [6.45, 7) is 1.86. The molecule has 0 N–H and O–H groups in total. The monoisotopic (exact) mass is 137 g/mol. The molecule has 1 aromatic rings. The number of methoxy groups -OCH3 is 1. The summed E-state index contributed by atoms with van der Waals surface area (Å²) < 4.78 is 4.88. The molecule has 1 radical (unpaired) electrons. The first-order valence-corrected chi connectivity index (χ1v) is 3.05. The van der Waals surface area contributed by atoms with Gasteiger partial charge < -0.3 is 4.74 Å². The zero-order chi connectivity index (χ0) is 7.56. The fourth-order valence-corrected chi connectivity index (χ4v) is 0.832. The van der Waals surface area contributed by atoms with Crippen LogP contribution in [0.4, 0.5) is 0 Å². The molecule has 0 saturated heterocycles. The molecular formula is C8H9O2. The summed E-state index contributed by atoms with van der Waals surface area (Å²) in [7, 11) is 1.55. The third-order valence-corrected chi connectivity index (χ3v) is 1.26. The van der Waals surface area contributed by atoms with E-state index in [1.807, 2.05) is 13.0 Å². The van der Waals surface area contributed by atoms with Crippen LogP contribution < -0.4 is 4.74 Å². The van der Waals surface area contributed by atoms with E-state index in [0.717, 1.165) is 5.56 Å². The van der Waals surface area contributed by atoms with Gasteiger partial charge in [0.2, 0.25) is 0 Å². The number of aryl methyl sites for hydroxylation is 1. The first-order valence-electron chi connectivity index (χ1n) is 3.05. The molecule has 53 valence electrons. The molecule has 0 aliphatic carbocycles. The Hall–Kier alpha value is -1.18. The smallest absolute Gasteiger partial charge is 0.182 e. The SMILES string of the molecule is COc1cc(C)cc([O])c1. The Bertz CT molecular complexity index is 210. The number of ether oxygens (including phenoxy) is 1. The van der Waals surface area contributed by atoms with Crippen molar-refractivity contribution in [1.29, 1.82) is 0 Å². The zero-order valence-corrected chi connectivity index (χ0v) is 6.05. The Morgan fingerprint density at radius 3 is 2.50 bits per heavy atom. The average molecular weight is 137 g/mol. The van der Waals surface area contributed by atoms with E-state index in [1.165, 1.54) is 6.07 Å². The van der Waals surface area contributed by atoms with Crippen molar-refractivity contribution < 1.29 is 9.84 Å². The molecule has 2 nitrogen and oxygen atoms in total. The van der Waals surface area contributed by atoms with Gasteiger partial charge in [-0.1, -0.05) is 0 Å². The molecule has 0 aliphatic heterocycles. The lowest BCUT2D eigenvalue weighted by Gasteiger charge is -1.99. The molecule has 0 aliphatic rings. The highest BCUT2D eigenvalue weighted by atomic mass is 16.5. The first-order chi connectivity index (χ1) is 4.72. The molecule has 1 rings (SSSR count). The Balaban J connectivity index is 3.06. The van der Waals surface area contributed by atoms with E-state index in [9.17, 15) is 5.11 Å². The van der Waals surface area contributed by atoms with Crippen LogP contribution in [0.3, 0.4) is 0 Å². The third kappa shape index (κ3) is 1.41. The van der Waals surface area contributed by atoms with Crippen LogP contribution in [0, 0.1) is 6.92 Å². The molecule has 0 heterocycles. The predicted molar refractivity (Wildman–Crippen MR) is 37.9 cm³/mol. The summed E-state index contributed by atoms with van der Waals surface area (Å²) in [4.78, 5) is 0. The van der Waals surface area contributed by atoms with Gasteiger partial charge in [-0.05, 0) is 24.6 Å². The topological polar surface area (TPSA) is 29.1 Å². The van der Waals surface area contributed by atoms with Crippen LogP contribution >= 0.6 is 0 Å². The fraction of sp³-hybridized carbons (Fsp3) is 0.250. The predicted octanol–water partition coefficient (Wildman–Crippen LogP) is 2.15. The lowest BCUT2D eigenvalue weighted by Crippen LogP contribution is -1.82. The van der Waals surface area contributed by atoms with E-state index in [2.05, 4.69) is 0 Å². The Kier molecular flexibility index (Phi) is 1.81. The largest absolute Gasteiger partial charge is 0.497 e. The minimum absolute atomic E-state index is 0.00292. The summed E-state index contributed by atoms with van der Waals surface area (Å²) in [6.07, 6.45) is 0. The van der Waals surface area contributed by atoms with Crippen molar-refractivity contribution in [1.82, 2.24) is 0 Å². The summed E-state index contributed by atoms with van der Waals surface area (Å²) in [5.41, 5.74) is 0.935. The maximum Gasteiger partial charge on any atom is 0.182 e. The minimum atomic E-state index is -0.00292. The second-order valence-electron chi connectivity index (χ2n) is 2.19. The molecule has 0 fully saturated rings. The van der Waals surface area contributed by atoms with E-state index in [0.29, 0.717) is 5.75 Å². The highest BCUT2D eigenvalue weighted by Crippen LogP contribution is 2.20. The molecule has 0 aromatic heterocycles. The molecule has 0 spiro atoms. The lowest BCUT2D eigenvalue weighted by molar-refractivity contribution is 0.348. The average Bonchev–Trinajstić information content (AvgIpc) is 1.85. The van der Waals surface area contributed by atoms with Crippen molar-refractivity contribution in [2.45, 2.75) is 6.92 Å². The molecule has 1 aromatic carbocycles. The highest BCUT2D eigenvalue weighted by molar-refractivity contribution is 5.36. The van der Waals surface area contributed by atoms with Gasteiger partial charge in [0.15, 0.2) is 5.75 Å². The maximum absolute atomic E-state index is 10.8. The second kappa shape index (κ2) is 2.60. The highest BCUT2D eigenvalue weighted by Gasteiger charge is 1.96. The molecular weight excluding hydrogens is 128 g/mol. The van der Waals surface area contributed by atoms with E-state index in [-0.39, 0.29) is 5.75 Å². The molecule has 2 heteroatoms. The Labute approximate surface area is 60.1 Å². The normalized spacial score (nSPS) is 9.40.